The van der Waals surface area contributed by atoms with E-state index >= 15 is 0 Å². The summed E-state index contributed by atoms with van der Waals surface area (Å²) in [6.07, 6.45) is 0.690. The van der Waals surface area contributed by atoms with E-state index in [0.717, 1.165) is 53.7 Å². The summed E-state index contributed by atoms with van der Waals surface area (Å²) in [4.78, 5) is 36.3. The highest BCUT2D eigenvalue weighted by molar-refractivity contribution is 7.18. The van der Waals surface area contributed by atoms with Crippen LogP contribution in [0.5, 0.6) is 0 Å². The number of carbonyl (C=O) groups is 1. The number of benzene rings is 1. The molecule has 0 bridgehead atoms. The SMILES string of the molecule is Cc1sc2nc(CCC(=O)NCc3cccc(CN4CCOCC4)c3)[nH]c(=O)c2c1C. The second-order valence-corrected chi connectivity index (χ2v) is 9.16. The van der Waals surface area contributed by atoms with Gasteiger partial charge in [-0.15, -0.1) is 11.3 Å². The molecule has 1 aliphatic rings. The van der Waals surface area contributed by atoms with Gasteiger partial charge in [-0.2, -0.15) is 0 Å². The Morgan fingerprint density at radius 3 is 2.84 bits per heavy atom. The van der Waals surface area contributed by atoms with Crippen LogP contribution in [0.3, 0.4) is 0 Å². The fourth-order valence-electron chi connectivity index (χ4n) is 3.79. The third-order valence-corrected chi connectivity index (χ3v) is 6.77. The predicted octanol–water partition coefficient (Wildman–Crippen LogP) is 2.68. The minimum Gasteiger partial charge on any atom is -0.379 e. The van der Waals surface area contributed by atoms with Crippen molar-refractivity contribution in [1.29, 1.82) is 0 Å². The monoisotopic (exact) mass is 440 g/mol. The van der Waals surface area contributed by atoms with Gasteiger partial charge in [0.2, 0.25) is 5.91 Å². The van der Waals surface area contributed by atoms with Crippen LogP contribution in [0.25, 0.3) is 10.2 Å². The van der Waals surface area contributed by atoms with Gasteiger partial charge in [-0.25, -0.2) is 4.98 Å². The first-order valence-corrected chi connectivity index (χ1v) is 11.4. The lowest BCUT2D eigenvalue weighted by molar-refractivity contribution is -0.121. The zero-order valence-electron chi connectivity index (χ0n) is 18.0. The molecule has 1 aliphatic heterocycles. The number of aromatic nitrogens is 2. The van der Waals surface area contributed by atoms with Crippen LogP contribution in [0.15, 0.2) is 29.1 Å². The molecule has 2 N–H and O–H groups in total. The molecule has 4 rings (SSSR count). The topological polar surface area (TPSA) is 87.3 Å². The molecule has 1 aromatic carbocycles. The maximum Gasteiger partial charge on any atom is 0.259 e. The highest BCUT2D eigenvalue weighted by atomic mass is 32.1. The number of hydrogen-bond donors (Lipinski definition) is 2. The van der Waals surface area contributed by atoms with E-state index in [0.29, 0.717) is 24.2 Å². The Balaban J connectivity index is 1.30. The normalized spacial score (nSPS) is 14.8. The molecule has 3 heterocycles. The van der Waals surface area contributed by atoms with Crippen LogP contribution >= 0.6 is 11.3 Å². The number of amides is 1. The second kappa shape index (κ2) is 9.72. The summed E-state index contributed by atoms with van der Waals surface area (Å²) >= 11 is 1.52. The van der Waals surface area contributed by atoms with E-state index in [1.165, 1.54) is 16.9 Å². The quantitative estimate of drug-likeness (QED) is 0.590. The van der Waals surface area contributed by atoms with Crippen molar-refractivity contribution < 1.29 is 9.53 Å². The number of H-pyrrole nitrogens is 1. The van der Waals surface area contributed by atoms with Gasteiger partial charge in [-0.05, 0) is 30.5 Å². The molecule has 0 radical (unpaired) electrons. The van der Waals surface area contributed by atoms with Gasteiger partial charge in [-0.1, -0.05) is 24.3 Å². The van der Waals surface area contributed by atoms with E-state index in [1.54, 1.807) is 0 Å². The minimum absolute atomic E-state index is 0.0557. The van der Waals surface area contributed by atoms with Gasteiger partial charge in [0.25, 0.3) is 5.56 Å². The van der Waals surface area contributed by atoms with E-state index in [4.69, 9.17) is 4.74 Å². The number of nitrogens with one attached hydrogen (secondary N) is 2. The van der Waals surface area contributed by atoms with Gasteiger partial charge in [-0.3, -0.25) is 14.5 Å². The first kappa shape index (κ1) is 21.7. The number of ether oxygens (including phenoxy) is 1. The van der Waals surface area contributed by atoms with Crippen LogP contribution in [-0.4, -0.2) is 47.1 Å². The lowest BCUT2D eigenvalue weighted by Crippen LogP contribution is -2.35. The van der Waals surface area contributed by atoms with Gasteiger partial charge >= 0.3 is 0 Å². The third-order valence-electron chi connectivity index (χ3n) is 5.67. The van der Waals surface area contributed by atoms with E-state index < -0.39 is 0 Å². The number of hydrogen-bond acceptors (Lipinski definition) is 6. The van der Waals surface area contributed by atoms with E-state index in [-0.39, 0.29) is 17.9 Å². The number of thiophene rings is 1. The molecule has 2 aromatic heterocycles. The lowest BCUT2D eigenvalue weighted by Gasteiger charge is -2.26. The van der Waals surface area contributed by atoms with Crippen molar-refractivity contribution in [2.24, 2.45) is 0 Å². The standard InChI is InChI=1S/C23H28N4O3S/c1-15-16(2)31-23-21(15)22(29)25-19(26-23)6-7-20(28)24-13-17-4-3-5-18(12-17)14-27-8-10-30-11-9-27/h3-5,12H,6-11,13-14H2,1-2H3,(H,24,28)(H,25,26,29). The van der Waals surface area contributed by atoms with Crippen molar-refractivity contribution in [3.05, 3.63) is 62.0 Å². The van der Waals surface area contributed by atoms with Crippen molar-refractivity contribution in [2.45, 2.75) is 39.8 Å². The number of aromatic amines is 1. The molecule has 8 heteroatoms. The van der Waals surface area contributed by atoms with Crippen LogP contribution in [0.2, 0.25) is 0 Å². The molecular formula is C23H28N4O3S. The molecule has 7 nitrogen and oxygen atoms in total. The summed E-state index contributed by atoms with van der Waals surface area (Å²) in [6, 6.07) is 8.32. The second-order valence-electron chi connectivity index (χ2n) is 7.96. The first-order valence-electron chi connectivity index (χ1n) is 10.6. The van der Waals surface area contributed by atoms with Gasteiger partial charge in [0.15, 0.2) is 0 Å². The van der Waals surface area contributed by atoms with Gasteiger partial charge in [0.1, 0.15) is 10.7 Å². The van der Waals surface area contributed by atoms with Crippen molar-refractivity contribution in [3.8, 4) is 0 Å². The first-order chi connectivity index (χ1) is 15.0. The molecule has 1 fully saturated rings. The molecular weight excluding hydrogens is 412 g/mol. The van der Waals surface area contributed by atoms with Crippen LogP contribution in [0.1, 0.15) is 33.8 Å². The summed E-state index contributed by atoms with van der Waals surface area (Å²) in [6.45, 7) is 8.79. The fourth-order valence-corrected chi connectivity index (χ4v) is 4.84. The number of fused-ring (bicyclic) bond motifs is 1. The smallest absolute Gasteiger partial charge is 0.259 e. The Morgan fingerprint density at radius 2 is 2.03 bits per heavy atom. The highest BCUT2D eigenvalue weighted by Gasteiger charge is 2.13. The zero-order chi connectivity index (χ0) is 21.8. The molecule has 0 spiro atoms. The summed E-state index contributed by atoms with van der Waals surface area (Å²) in [5, 5.41) is 3.64. The Hall–Kier alpha value is -2.55. The molecule has 0 unspecified atom stereocenters. The van der Waals surface area contributed by atoms with Gasteiger partial charge in [0, 0.05) is 43.9 Å². The summed E-state index contributed by atoms with van der Waals surface area (Å²) in [5.74, 6) is 0.501. The molecule has 0 atom stereocenters. The number of rotatable bonds is 7. The minimum atomic E-state index is -0.126. The van der Waals surface area contributed by atoms with Crippen LogP contribution in [-0.2, 0) is 29.0 Å². The molecule has 0 saturated carbocycles. The van der Waals surface area contributed by atoms with Crippen LogP contribution in [0.4, 0.5) is 0 Å². The van der Waals surface area contributed by atoms with Gasteiger partial charge < -0.3 is 15.0 Å². The Labute approximate surface area is 185 Å². The Bertz CT molecular complexity index is 1130. The number of aryl methyl sites for hydroxylation is 3. The maximum absolute atomic E-state index is 12.4. The van der Waals surface area contributed by atoms with Crippen molar-refractivity contribution in [2.75, 3.05) is 26.3 Å². The molecule has 1 amide bonds. The zero-order valence-corrected chi connectivity index (χ0v) is 18.8. The van der Waals surface area contributed by atoms with Crippen molar-refractivity contribution >= 4 is 27.5 Å². The number of nitrogens with zero attached hydrogens (tertiary/aromatic N) is 2. The van der Waals surface area contributed by atoms with E-state index in [9.17, 15) is 9.59 Å². The molecule has 164 valence electrons. The molecule has 0 aliphatic carbocycles. The Kier molecular flexibility index (Phi) is 6.80. The maximum atomic E-state index is 12.4. The highest BCUT2D eigenvalue weighted by Crippen LogP contribution is 2.25. The Morgan fingerprint density at radius 1 is 1.26 bits per heavy atom. The number of morpholine rings is 1. The molecule has 1 saturated heterocycles. The van der Waals surface area contributed by atoms with E-state index in [2.05, 4.69) is 32.3 Å². The lowest BCUT2D eigenvalue weighted by atomic mass is 10.1. The predicted molar refractivity (Wildman–Crippen MR) is 122 cm³/mol. The number of carbonyl (C=O) groups excluding carboxylic acids is 1. The van der Waals surface area contributed by atoms with Crippen LogP contribution < -0.4 is 10.9 Å². The molecule has 31 heavy (non-hydrogen) atoms. The average Bonchev–Trinajstić information content (AvgIpc) is 3.05. The summed E-state index contributed by atoms with van der Waals surface area (Å²) in [7, 11) is 0. The third kappa shape index (κ3) is 5.39. The van der Waals surface area contributed by atoms with Crippen molar-refractivity contribution in [3.63, 3.8) is 0 Å². The molecule has 3 aromatic rings. The van der Waals surface area contributed by atoms with E-state index in [1.807, 2.05) is 26.0 Å². The average molecular weight is 441 g/mol. The van der Waals surface area contributed by atoms with Crippen LogP contribution in [0, 0.1) is 13.8 Å². The summed E-state index contributed by atoms with van der Waals surface area (Å²) < 4.78 is 5.40. The largest absolute Gasteiger partial charge is 0.379 e. The van der Waals surface area contributed by atoms with Crippen molar-refractivity contribution in [1.82, 2.24) is 20.2 Å². The fraction of sp³-hybridized carbons (Fsp3) is 0.435. The summed E-state index contributed by atoms with van der Waals surface area (Å²) in [5.41, 5.74) is 3.18. The van der Waals surface area contributed by atoms with Gasteiger partial charge in [0.05, 0.1) is 18.6 Å².